The average molecular weight is 221 g/mol. The molecule has 0 radical (unpaired) electrons. The van der Waals surface area contributed by atoms with Crippen LogP contribution in [0, 0.1) is 12.8 Å². The van der Waals surface area contributed by atoms with E-state index in [2.05, 4.69) is 5.32 Å². The molecule has 0 aliphatic rings. The molecule has 1 rings (SSSR count). The molecule has 3 nitrogen and oxygen atoms in total. The van der Waals surface area contributed by atoms with Crippen LogP contribution in [0.3, 0.4) is 0 Å². The Hall–Kier alpha value is -1.35. The maximum absolute atomic E-state index is 11.9. The fourth-order valence-electron chi connectivity index (χ4n) is 1.50. The smallest absolute Gasteiger partial charge is 0.251 e. The van der Waals surface area contributed by atoms with Gasteiger partial charge in [0.1, 0.15) is 0 Å². The Morgan fingerprint density at radius 3 is 2.50 bits per heavy atom. The Labute approximate surface area is 96.5 Å². The molecule has 1 aromatic carbocycles. The van der Waals surface area contributed by atoms with E-state index in [4.69, 9.17) is 5.11 Å². The first kappa shape index (κ1) is 12.7. The Morgan fingerprint density at radius 1 is 1.38 bits per heavy atom. The van der Waals surface area contributed by atoms with Crippen LogP contribution in [0.25, 0.3) is 0 Å². The van der Waals surface area contributed by atoms with Gasteiger partial charge < -0.3 is 10.4 Å². The lowest BCUT2D eigenvalue weighted by atomic mass is 10.0. The summed E-state index contributed by atoms with van der Waals surface area (Å²) in [6.07, 6.45) is 0. The van der Waals surface area contributed by atoms with Gasteiger partial charge in [0.2, 0.25) is 0 Å². The van der Waals surface area contributed by atoms with E-state index >= 15 is 0 Å². The lowest BCUT2D eigenvalue weighted by Gasteiger charge is -2.20. The van der Waals surface area contributed by atoms with Gasteiger partial charge in [-0.3, -0.25) is 4.79 Å². The Kier molecular flexibility index (Phi) is 4.50. The molecule has 88 valence electrons. The van der Waals surface area contributed by atoms with Crippen LogP contribution in [0.2, 0.25) is 0 Å². The molecule has 0 saturated carbocycles. The van der Waals surface area contributed by atoms with Crippen molar-refractivity contribution < 1.29 is 9.90 Å². The summed E-state index contributed by atoms with van der Waals surface area (Å²) in [5, 5.41) is 12.0. The molecular formula is C13H19NO2. The molecule has 0 heterocycles. The summed E-state index contributed by atoms with van der Waals surface area (Å²) in [7, 11) is 0. The third-order valence-corrected chi connectivity index (χ3v) is 2.71. The van der Waals surface area contributed by atoms with Gasteiger partial charge >= 0.3 is 0 Å². The molecule has 0 aromatic heterocycles. The van der Waals surface area contributed by atoms with E-state index < -0.39 is 0 Å². The molecule has 1 amide bonds. The summed E-state index contributed by atoms with van der Waals surface area (Å²) in [4.78, 5) is 11.9. The molecular weight excluding hydrogens is 202 g/mol. The van der Waals surface area contributed by atoms with Gasteiger partial charge in [-0.05, 0) is 24.5 Å². The van der Waals surface area contributed by atoms with Crippen molar-refractivity contribution in [2.75, 3.05) is 6.61 Å². The van der Waals surface area contributed by atoms with Crippen molar-refractivity contribution in [2.45, 2.75) is 26.8 Å². The summed E-state index contributed by atoms with van der Waals surface area (Å²) < 4.78 is 0. The fraction of sp³-hybridized carbons (Fsp3) is 0.462. The van der Waals surface area contributed by atoms with E-state index in [-0.39, 0.29) is 24.5 Å². The number of aliphatic hydroxyl groups excluding tert-OH is 1. The SMILES string of the molecule is Cc1ccccc1C(=O)NC(CO)C(C)C. The van der Waals surface area contributed by atoms with Crippen LogP contribution in [0.1, 0.15) is 29.8 Å². The number of rotatable bonds is 4. The van der Waals surface area contributed by atoms with Crippen molar-refractivity contribution in [1.29, 1.82) is 0 Å². The minimum absolute atomic E-state index is 0.0325. The average Bonchev–Trinajstić information content (AvgIpc) is 2.25. The van der Waals surface area contributed by atoms with Crippen LogP contribution >= 0.6 is 0 Å². The minimum atomic E-state index is -0.188. The number of aliphatic hydroxyl groups is 1. The molecule has 0 spiro atoms. The zero-order valence-electron chi connectivity index (χ0n) is 10.0. The van der Waals surface area contributed by atoms with E-state index in [0.29, 0.717) is 5.56 Å². The second kappa shape index (κ2) is 5.66. The van der Waals surface area contributed by atoms with Crippen LogP contribution in [-0.4, -0.2) is 23.7 Å². The van der Waals surface area contributed by atoms with Crippen LogP contribution in [-0.2, 0) is 0 Å². The standard InChI is InChI=1S/C13H19NO2/c1-9(2)12(8-15)14-13(16)11-7-5-4-6-10(11)3/h4-7,9,12,15H,8H2,1-3H3,(H,14,16). The Bertz CT molecular complexity index is 361. The van der Waals surface area contributed by atoms with Crippen molar-refractivity contribution in [1.82, 2.24) is 5.32 Å². The molecule has 1 atom stereocenters. The van der Waals surface area contributed by atoms with Crippen molar-refractivity contribution in [2.24, 2.45) is 5.92 Å². The second-order valence-corrected chi connectivity index (χ2v) is 4.32. The van der Waals surface area contributed by atoms with E-state index in [1.54, 1.807) is 6.07 Å². The summed E-state index contributed by atoms with van der Waals surface area (Å²) in [5.41, 5.74) is 1.61. The molecule has 0 aliphatic heterocycles. The Morgan fingerprint density at radius 2 is 2.00 bits per heavy atom. The predicted molar refractivity (Wildman–Crippen MR) is 64.4 cm³/mol. The monoisotopic (exact) mass is 221 g/mol. The van der Waals surface area contributed by atoms with Gasteiger partial charge in [-0.2, -0.15) is 0 Å². The van der Waals surface area contributed by atoms with Crippen LogP contribution in [0.5, 0.6) is 0 Å². The molecule has 0 aliphatic carbocycles. The lowest BCUT2D eigenvalue weighted by molar-refractivity contribution is 0.0896. The molecule has 3 heteroatoms. The third-order valence-electron chi connectivity index (χ3n) is 2.71. The van der Waals surface area contributed by atoms with Crippen molar-refractivity contribution in [3.05, 3.63) is 35.4 Å². The molecule has 0 saturated heterocycles. The highest BCUT2D eigenvalue weighted by Gasteiger charge is 2.16. The Balaban J connectivity index is 2.76. The molecule has 1 aromatic rings. The molecule has 0 fully saturated rings. The summed E-state index contributed by atoms with van der Waals surface area (Å²) in [6, 6.07) is 7.24. The van der Waals surface area contributed by atoms with Crippen LogP contribution in [0.15, 0.2) is 24.3 Å². The number of nitrogens with one attached hydrogen (secondary N) is 1. The van der Waals surface area contributed by atoms with Crippen molar-refractivity contribution in [3.63, 3.8) is 0 Å². The zero-order valence-corrected chi connectivity index (χ0v) is 10.0. The van der Waals surface area contributed by atoms with Gasteiger partial charge in [-0.1, -0.05) is 32.0 Å². The highest BCUT2D eigenvalue weighted by molar-refractivity contribution is 5.95. The molecule has 16 heavy (non-hydrogen) atoms. The largest absolute Gasteiger partial charge is 0.394 e. The minimum Gasteiger partial charge on any atom is -0.394 e. The van der Waals surface area contributed by atoms with E-state index in [9.17, 15) is 4.79 Å². The highest BCUT2D eigenvalue weighted by Crippen LogP contribution is 2.08. The second-order valence-electron chi connectivity index (χ2n) is 4.32. The highest BCUT2D eigenvalue weighted by atomic mass is 16.3. The van der Waals surface area contributed by atoms with Crippen LogP contribution in [0.4, 0.5) is 0 Å². The zero-order chi connectivity index (χ0) is 12.1. The number of benzene rings is 1. The van der Waals surface area contributed by atoms with E-state index in [0.717, 1.165) is 5.56 Å². The quantitative estimate of drug-likeness (QED) is 0.813. The van der Waals surface area contributed by atoms with Gasteiger partial charge in [0.25, 0.3) is 5.91 Å². The van der Waals surface area contributed by atoms with Crippen LogP contribution < -0.4 is 5.32 Å². The van der Waals surface area contributed by atoms with Gasteiger partial charge in [0.05, 0.1) is 12.6 Å². The first-order valence-electron chi connectivity index (χ1n) is 5.53. The number of carbonyl (C=O) groups is 1. The first-order valence-corrected chi connectivity index (χ1v) is 5.53. The van der Waals surface area contributed by atoms with Gasteiger partial charge in [0, 0.05) is 5.56 Å². The number of aryl methyl sites for hydroxylation is 1. The van der Waals surface area contributed by atoms with Crippen molar-refractivity contribution >= 4 is 5.91 Å². The normalized spacial score (nSPS) is 12.6. The van der Waals surface area contributed by atoms with Gasteiger partial charge in [-0.25, -0.2) is 0 Å². The maximum Gasteiger partial charge on any atom is 0.251 e. The topological polar surface area (TPSA) is 49.3 Å². The first-order chi connectivity index (χ1) is 7.56. The number of carbonyl (C=O) groups excluding carboxylic acids is 1. The number of amides is 1. The number of hydrogen-bond acceptors (Lipinski definition) is 2. The predicted octanol–water partition coefficient (Wildman–Crippen LogP) is 1.74. The molecule has 0 bridgehead atoms. The number of hydrogen-bond donors (Lipinski definition) is 2. The summed E-state index contributed by atoms with van der Waals surface area (Å²) >= 11 is 0. The molecule has 2 N–H and O–H groups in total. The van der Waals surface area contributed by atoms with E-state index in [1.807, 2.05) is 39.0 Å². The lowest BCUT2D eigenvalue weighted by Crippen LogP contribution is -2.41. The van der Waals surface area contributed by atoms with E-state index in [1.165, 1.54) is 0 Å². The fourth-order valence-corrected chi connectivity index (χ4v) is 1.50. The third kappa shape index (κ3) is 3.07. The summed E-state index contributed by atoms with van der Waals surface area (Å²) in [6.45, 7) is 5.81. The van der Waals surface area contributed by atoms with Gasteiger partial charge in [-0.15, -0.1) is 0 Å². The molecule has 1 unspecified atom stereocenters. The maximum atomic E-state index is 11.9. The van der Waals surface area contributed by atoms with Gasteiger partial charge in [0.15, 0.2) is 0 Å². The van der Waals surface area contributed by atoms with Crippen molar-refractivity contribution in [3.8, 4) is 0 Å². The summed E-state index contributed by atoms with van der Waals surface area (Å²) in [5.74, 6) is 0.101.